The minimum absolute atomic E-state index is 0.351. The fraction of sp³-hybridized carbons (Fsp3) is 0.545. The lowest BCUT2D eigenvalue weighted by Gasteiger charge is -2.04. The van der Waals surface area contributed by atoms with Crippen LogP contribution in [0, 0.1) is 6.92 Å². The number of hydrogen-bond donors (Lipinski definition) is 0. The fourth-order valence-corrected chi connectivity index (χ4v) is 1.20. The van der Waals surface area contributed by atoms with E-state index in [4.69, 9.17) is 9.15 Å². The van der Waals surface area contributed by atoms with Crippen LogP contribution in [0.4, 0.5) is 0 Å². The van der Waals surface area contributed by atoms with Crippen LogP contribution in [-0.4, -0.2) is 6.61 Å². The zero-order chi connectivity index (χ0) is 10.4. The van der Waals surface area contributed by atoms with Crippen LogP contribution >= 0.6 is 0 Å². The summed E-state index contributed by atoms with van der Waals surface area (Å²) in [6.45, 7) is 4.54. The molecule has 0 amide bonds. The maximum absolute atomic E-state index is 11.0. The Morgan fingerprint density at radius 3 is 2.79 bits per heavy atom. The predicted molar refractivity (Wildman–Crippen MR) is 54.7 cm³/mol. The van der Waals surface area contributed by atoms with Gasteiger partial charge in [-0.05, 0) is 13.3 Å². The van der Waals surface area contributed by atoms with Gasteiger partial charge in [-0.15, -0.1) is 0 Å². The highest BCUT2D eigenvalue weighted by molar-refractivity contribution is 5.19. The largest absolute Gasteiger partial charge is 0.493 e. The number of ether oxygens (including phenoxy) is 1. The van der Waals surface area contributed by atoms with Crippen molar-refractivity contribution in [2.24, 2.45) is 0 Å². The van der Waals surface area contributed by atoms with Crippen LogP contribution in [0.1, 0.15) is 31.9 Å². The van der Waals surface area contributed by atoms with E-state index in [1.54, 1.807) is 13.0 Å². The Bertz CT molecular complexity index is 328. The zero-order valence-electron chi connectivity index (χ0n) is 8.71. The van der Waals surface area contributed by atoms with E-state index in [1.807, 2.05) is 0 Å². The lowest BCUT2D eigenvalue weighted by atomic mass is 10.3. The van der Waals surface area contributed by atoms with Crippen molar-refractivity contribution in [3.63, 3.8) is 0 Å². The number of unbranched alkanes of at least 4 members (excludes halogenated alkanes) is 2. The lowest BCUT2D eigenvalue weighted by Crippen LogP contribution is -2.02. The first kappa shape index (κ1) is 10.8. The molecule has 0 saturated carbocycles. The van der Waals surface area contributed by atoms with Gasteiger partial charge in [0.15, 0.2) is 0 Å². The standard InChI is InChI=1S/C11H16O3/c1-3-4-5-6-13-10-7-9(2)14-11(12)8-10/h7-8H,3-6H2,1-2H3. The van der Waals surface area contributed by atoms with Crippen molar-refractivity contribution in [3.8, 4) is 5.75 Å². The van der Waals surface area contributed by atoms with Gasteiger partial charge in [0.2, 0.25) is 0 Å². The average molecular weight is 196 g/mol. The van der Waals surface area contributed by atoms with Gasteiger partial charge in [-0.1, -0.05) is 19.8 Å². The molecule has 0 aliphatic heterocycles. The zero-order valence-corrected chi connectivity index (χ0v) is 8.71. The molecule has 1 aromatic heterocycles. The second-order valence-corrected chi connectivity index (χ2v) is 3.28. The summed E-state index contributed by atoms with van der Waals surface area (Å²) in [5.74, 6) is 1.19. The van der Waals surface area contributed by atoms with Crippen LogP contribution in [0.25, 0.3) is 0 Å². The SMILES string of the molecule is CCCCCOc1cc(C)oc(=O)c1. The van der Waals surface area contributed by atoms with Gasteiger partial charge in [-0.2, -0.15) is 0 Å². The monoisotopic (exact) mass is 196 g/mol. The number of aryl methyl sites for hydroxylation is 1. The van der Waals surface area contributed by atoms with Crippen LogP contribution in [-0.2, 0) is 0 Å². The average Bonchev–Trinajstić information content (AvgIpc) is 2.11. The normalized spacial score (nSPS) is 10.1. The molecular weight excluding hydrogens is 180 g/mol. The van der Waals surface area contributed by atoms with Gasteiger partial charge in [-0.25, -0.2) is 4.79 Å². The van der Waals surface area contributed by atoms with Crippen LogP contribution in [0.3, 0.4) is 0 Å². The molecule has 0 bridgehead atoms. The molecule has 0 atom stereocenters. The van der Waals surface area contributed by atoms with E-state index in [9.17, 15) is 4.79 Å². The van der Waals surface area contributed by atoms with E-state index < -0.39 is 0 Å². The molecule has 0 aliphatic rings. The van der Waals surface area contributed by atoms with Crippen LogP contribution in [0.15, 0.2) is 21.3 Å². The molecule has 0 aliphatic carbocycles. The Balaban J connectivity index is 2.46. The van der Waals surface area contributed by atoms with Crippen molar-refractivity contribution in [2.45, 2.75) is 33.1 Å². The Hall–Kier alpha value is -1.25. The first-order valence-corrected chi connectivity index (χ1v) is 4.97. The molecular formula is C11H16O3. The molecule has 3 heteroatoms. The van der Waals surface area contributed by atoms with Crippen LogP contribution < -0.4 is 10.4 Å². The summed E-state index contributed by atoms with van der Waals surface area (Å²) >= 11 is 0. The summed E-state index contributed by atoms with van der Waals surface area (Å²) < 4.78 is 10.2. The molecule has 0 unspecified atom stereocenters. The second-order valence-electron chi connectivity index (χ2n) is 3.28. The van der Waals surface area contributed by atoms with E-state index in [0.29, 0.717) is 18.1 Å². The fourth-order valence-electron chi connectivity index (χ4n) is 1.20. The Labute approximate surface area is 83.7 Å². The highest BCUT2D eigenvalue weighted by Gasteiger charge is 1.98. The second kappa shape index (κ2) is 5.47. The van der Waals surface area contributed by atoms with E-state index >= 15 is 0 Å². The lowest BCUT2D eigenvalue weighted by molar-refractivity contribution is 0.301. The first-order chi connectivity index (χ1) is 6.72. The Kier molecular flexibility index (Phi) is 4.23. The van der Waals surface area contributed by atoms with E-state index in [2.05, 4.69) is 6.92 Å². The van der Waals surface area contributed by atoms with E-state index in [0.717, 1.165) is 12.8 Å². The van der Waals surface area contributed by atoms with Crippen molar-refractivity contribution in [1.29, 1.82) is 0 Å². The number of rotatable bonds is 5. The molecule has 0 saturated heterocycles. The van der Waals surface area contributed by atoms with Crippen molar-refractivity contribution < 1.29 is 9.15 Å². The molecule has 0 spiro atoms. The van der Waals surface area contributed by atoms with Crippen molar-refractivity contribution in [2.75, 3.05) is 6.61 Å². The molecule has 1 heterocycles. The number of hydrogen-bond acceptors (Lipinski definition) is 3. The van der Waals surface area contributed by atoms with E-state index in [1.165, 1.54) is 12.5 Å². The minimum Gasteiger partial charge on any atom is -0.493 e. The first-order valence-electron chi connectivity index (χ1n) is 4.97. The van der Waals surface area contributed by atoms with Crippen LogP contribution in [0.2, 0.25) is 0 Å². The van der Waals surface area contributed by atoms with Gasteiger partial charge < -0.3 is 9.15 Å². The summed E-state index contributed by atoms with van der Waals surface area (Å²) in [7, 11) is 0. The summed E-state index contributed by atoms with van der Waals surface area (Å²) in [5.41, 5.74) is -0.351. The molecule has 14 heavy (non-hydrogen) atoms. The maximum Gasteiger partial charge on any atom is 0.339 e. The molecule has 1 rings (SSSR count). The molecule has 0 radical (unpaired) electrons. The van der Waals surface area contributed by atoms with Crippen molar-refractivity contribution in [1.82, 2.24) is 0 Å². The van der Waals surface area contributed by atoms with E-state index in [-0.39, 0.29) is 5.63 Å². The van der Waals surface area contributed by atoms with Gasteiger partial charge >= 0.3 is 5.63 Å². The molecule has 0 fully saturated rings. The third kappa shape index (κ3) is 3.64. The van der Waals surface area contributed by atoms with Gasteiger partial charge in [0.25, 0.3) is 0 Å². The Morgan fingerprint density at radius 1 is 1.36 bits per heavy atom. The van der Waals surface area contributed by atoms with Gasteiger partial charge in [0.05, 0.1) is 12.7 Å². The molecule has 78 valence electrons. The van der Waals surface area contributed by atoms with Crippen molar-refractivity contribution >= 4 is 0 Å². The third-order valence-corrected chi connectivity index (χ3v) is 1.88. The van der Waals surface area contributed by atoms with Crippen molar-refractivity contribution in [3.05, 3.63) is 28.3 Å². The summed E-state index contributed by atoms with van der Waals surface area (Å²) in [4.78, 5) is 11.0. The quantitative estimate of drug-likeness (QED) is 0.679. The Morgan fingerprint density at radius 2 is 2.14 bits per heavy atom. The topological polar surface area (TPSA) is 39.4 Å². The predicted octanol–water partition coefficient (Wildman–Crippen LogP) is 2.52. The minimum atomic E-state index is -0.351. The molecule has 0 N–H and O–H groups in total. The summed E-state index contributed by atoms with van der Waals surface area (Å²) in [5, 5.41) is 0. The van der Waals surface area contributed by atoms with Gasteiger partial charge in [-0.3, -0.25) is 0 Å². The van der Waals surface area contributed by atoms with Gasteiger partial charge in [0, 0.05) is 6.07 Å². The molecule has 3 nitrogen and oxygen atoms in total. The highest BCUT2D eigenvalue weighted by Crippen LogP contribution is 2.09. The molecule has 1 aromatic rings. The van der Waals surface area contributed by atoms with Gasteiger partial charge in [0.1, 0.15) is 11.5 Å². The highest BCUT2D eigenvalue weighted by atomic mass is 16.5. The summed E-state index contributed by atoms with van der Waals surface area (Å²) in [6.07, 6.45) is 3.34. The smallest absolute Gasteiger partial charge is 0.339 e. The third-order valence-electron chi connectivity index (χ3n) is 1.88. The maximum atomic E-state index is 11.0. The molecule has 0 aromatic carbocycles. The van der Waals surface area contributed by atoms with Crippen LogP contribution in [0.5, 0.6) is 5.75 Å². The summed E-state index contributed by atoms with van der Waals surface area (Å²) in [6, 6.07) is 3.10.